The number of morpholine rings is 1. The van der Waals surface area contributed by atoms with Gasteiger partial charge in [0.2, 0.25) is 5.88 Å². The first kappa shape index (κ1) is 21.5. The summed E-state index contributed by atoms with van der Waals surface area (Å²) in [6.45, 7) is 3.40. The van der Waals surface area contributed by atoms with E-state index in [1.165, 1.54) is 0 Å². The van der Waals surface area contributed by atoms with Crippen LogP contribution in [0.5, 0.6) is 0 Å². The summed E-state index contributed by atoms with van der Waals surface area (Å²) >= 11 is 5.96. The van der Waals surface area contributed by atoms with Crippen LogP contribution in [-0.4, -0.2) is 66.4 Å². The van der Waals surface area contributed by atoms with Gasteiger partial charge in [-0.1, -0.05) is 23.7 Å². The molecule has 9 heteroatoms. The lowest BCUT2D eigenvalue weighted by Gasteiger charge is -2.44. The Hall–Kier alpha value is -2.16. The number of hydrogen-bond donors (Lipinski definition) is 1. The fourth-order valence-corrected chi connectivity index (χ4v) is 3.61. The molecule has 1 N–H and O–H groups in total. The SMILES string of the molecule is CC1=CC(N2CCOCC2)N(Cc2ccc(Cl)cc2)C(OCC(F)F)=C1C(=O)O. The maximum Gasteiger partial charge on any atom is 0.341 e. The molecule has 3 rings (SSSR count). The summed E-state index contributed by atoms with van der Waals surface area (Å²) in [5.74, 6) is -1.27. The Morgan fingerprint density at radius 1 is 1.31 bits per heavy atom. The number of nitrogens with zero attached hydrogens (tertiary/aromatic N) is 2. The van der Waals surface area contributed by atoms with E-state index in [1.807, 2.05) is 18.2 Å². The molecule has 2 aliphatic rings. The molecular weight excluding hydrogens is 406 g/mol. The highest BCUT2D eigenvalue weighted by atomic mass is 35.5. The minimum absolute atomic E-state index is 0.0516. The van der Waals surface area contributed by atoms with Gasteiger partial charge in [0.25, 0.3) is 6.43 Å². The first-order valence-corrected chi connectivity index (χ1v) is 9.65. The molecule has 2 aliphatic heterocycles. The van der Waals surface area contributed by atoms with Crippen molar-refractivity contribution in [1.82, 2.24) is 9.80 Å². The molecule has 0 bridgehead atoms. The van der Waals surface area contributed by atoms with E-state index in [-0.39, 0.29) is 24.2 Å². The number of rotatable bonds is 7. The fraction of sp³-hybridized carbons (Fsp3) is 0.450. The third-order valence-electron chi connectivity index (χ3n) is 4.83. The van der Waals surface area contributed by atoms with E-state index in [4.69, 9.17) is 21.1 Å². The van der Waals surface area contributed by atoms with Crippen LogP contribution in [0.2, 0.25) is 5.02 Å². The van der Waals surface area contributed by atoms with Gasteiger partial charge < -0.3 is 19.5 Å². The number of halogens is 3. The number of alkyl halides is 2. The zero-order chi connectivity index (χ0) is 21.0. The summed E-state index contributed by atoms with van der Waals surface area (Å²) in [7, 11) is 0. The topological polar surface area (TPSA) is 62.2 Å². The van der Waals surface area contributed by atoms with E-state index < -0.39 is 19.0 Å². The van der Waals surface area contributed by atoms with Crippen LogP contribution in [0.15, 0.2) is 47.4 Å². The average molecular weight is 429 g/mol. The summed E-state index contributed by atoms with van der Waals surface area (Å²) < 4.78 is 36.6. The van der Waals surface area contributed by atoms with Crippen molar-refractivity contribution in [3.8, 4) is 0 Å². The van der Waals surface area contributed by atoms with Crippen molar-refractivity contribution in [1.29, 1.82) is 0 Å². The summed E-state index contributed by atoms with van der Waals surface area (Å²) in [5, 5.41) is 10.3. The largest absolute Gasteiger partial charge is 0.477 e. The maximum absolute atomic E-state index is 12.9. The molecule has 1 aromatic rings. The van der Waals surface area contributed by atoms with Crippen LogP contribution in [0, 0.1) is 0 Å². The third-order valence-corrected chi connectivity index (χ3v) is 5.09. The Kier molecular flexibility index (Phi) is 7.10. The van der Waals surface area contributed by atoms with Crippen molar-refractivity contribution in [3.05, 3.63) is 58.0 Å². The molecule has 0 aromatic heterocycles. The van der Waals surface area contributed by atoms with Crippen molar-refractivity contribution in [2.45, 2.75) is 26.1 Å². The molecule has 158 valence electrons. The van der Waals surface area contributed by atoms with Crippen LogP contribution in [0.1, 0.15) is 12.5 Å². The van der Waals surface area contributed by atoms with Gasteiger partial charge in [0, 0.05) is 24.7 Å². The van der Waals surface area contributed by atoms with Gasteiger partial charge in [0.05, 0.1) is 13.2 Å². The lowest BCUT2D eigenvalue weighted by molar-refractivity contribution is -0.133. The van der Waals surface area contributed by atoms with Crippen LogP contribution in [-0.2, 0) is 20.8 Å². The van der Waals surface area contributed by atoms with Crippen molar-refractivity contribution in [2.75, 3.05) is 32.9 Å². The number of benzene rings is 1. The molecule has 1 aromatic carbocycles. The van der Waals surface area contributed by atoms with Gasteiger partial charge in [0.1, 0.15) is 11.7 Å². The number of hydrogen-bond acceptors (Lipinski definition) is 5. The molecule has 0 amide bonds. The second-order valence-corrected chi connectivity index (χ2v) is 7.29. The molecule has 0 saturated carbocycles. The monoisotopic (exact) mass is 428 g/mol. The minimum Gasteiger partial charge on any atom is -0.477 e. The third kappa shape index (κ3) is 5.26. The molecule has 1 atom stereocenters. The zero-order valence-electron chi connectivity index (χ0n) is 16.0. The minimum atomic E-state index is -2.72. The predicted octanol–water partition coefficient (Wildman–Crippen LogP) is 3.34. The second kappa shape index (κ2) is 9.56. The molecule has 6 nitrogen and oxygen atoms in total. The number of carboxylic acid groups (broad SMARTS) is 1. The molecule has 29 heavy (non-hydrogen) atoms. The standard InChI is InChI=1S/C20H23ClF2N2O4/c1-13-10-17(24-6-8-28-9-7-24)25(11-14-2-4-15(21)5-3-14)19(18(13)20(26)27)29-12-16(22)23/h2-5,10,16-17H,6-9,11-12H2,1H3,(H,26,27). The van der Waals surface area contributed by atoms with E-state index >= 15 is 0 Å². The molecule has 0 aliphatic carbocycles. The highest BCUT2D eigenvalue weighted by molar-refractivity contribution is 6.30. The van der Waals surface area contributed by atoms with E-state index in [0.717, 1.165) is 5.56 Å². The van der Waals surface area contributed by atoms with E-state index in [1.54, 1.807) is 24.0 Å². The molecule has 1 saturated heterocycles. The van der Waals surface area contributed by atoms with Gasteiger partial charge in [-0.05, 0) is 36.3 Å². The van der Waals surface area contributed by atoms with Gasteiger partial charge in [-0.15, -0.1) is 0 Å². The molecule has 1 unspecified atom stereocenters. The highest BCUT2D eigenvalue weighted by Crippen LogP contribution is 2.32. The number of ether oxygens (including phenoxy) is 2. The molecule has 1 fully saturated rings. The van der Waals surface area contributed by atoms with Gasteiger partial charge in [-0.2, -0.15) is 0 Å². The summed E-state index contributed by atoms with van der Waals surface area (Å²) in [6, 6.07) is 7.09. The van der Waals surface area contributed by atoms with Gasteiger partial charge in [-0.3, -0.25) is 4.90 Å². The highest BCUT2D eigenvalue weighted by Gasteiger charge is 2.36. The first-order valence-electron chi connectivity index (χ1n) is 9.27. The Morgan fingerprint density at radius 2 is 1.97 bits per heavy atom. The summed E-state index contributed by atoms with van der Waals surface area (Å²) in [6.07, 6.45) is -1.23. The summed E-state index contributed by atoms with van der Waals surface area (Å²) in [4.78, 5) is 15.7. The van der Waals surface area contributed by atoms with Gasteiger partial charge >= 0.3 is 5.97 Å². The average Bonchev–Trinajstić information content (AvgIpc) is 2.69. The lowest BCUT2D eigenvalue weighted by atomic mass is 10.0. The van der Waals surface area contributed by atoms with E-state index in [0.29, 0.717) is 36.9 Å². The van der Waals surface area contributed by atoms with Crippen LogP contribution >= 0.6 is 11.6 Å². The lowest BCUT2D eigenvalue weighted by Crippen LogP contribution is -2.53. The van der Waals surface area contributed by atoms with Crippen LogP contribution < -0.4 is 0 Å². The van der Waals surface area contributed by atoms with Crippen LogP contribution in [0.4, 0.5) is 8.78 Å². The fourth-order valence-electron chi connectivity index (χ4n) is 3.48. The van der Waals surface area contributed by atoms with E-state index in [2.05, 4.69) is 4.90 Å². The molecule has 0 spiro atoms. The smallest absolute Gasteiger partial charge is 0.341 e. The Morgan fingerprint density at radius 3 is 2.55 bits per heavy atom. The van der Waals surface area contributed by atoms with Crippen molar-refractivity contribution in [2.24, 2.45) is 0 Å². The Bertz CT molecular complexity index is 792. The van der Waals surface area contributed by atoms with Gasteiger partial charge in [0.15, 0.2) is 6.61 Å². The predicted molar refractivity (Wildman–Crippen MR) is 104 cm³/mol. The van der Waals surface area contributed by atoms with Crippen molar-refractivity contribution in [3.63, 3.8) is 0 Å². The normalized spacial score (nSPS) is 20.8. The summed E-state index contributed by atoms with van der Waals surface area (Å²) in [5.41, 5.74) is 1.22. The first-order chi connectivity index (χ1) is 13.9. The Labute approximate surface area is 172 Å². The van der Waals surface area contributed by atoms with Crippen molar-refractivity contribution < 1.29 is 28.2 Å². The Balaban J connectivity index is 2.01. The van der Waals surface area contributed by atoms with E-state index in [9.17, 15) is 18.7 Å². The quantitative estimate of drug-likeness (QED) is 0.718. The number of carboxylic acids is 1. The molecule has 0 radical (unpaired) electrons. The molecular formula is C20H23ClF2N2O4. The maximum atomic E-state index is 12.9. The second-order valence-electron chi connectivity index (χ2n) is 6.85. The van der Waals surface area contributed by atoms with Crippen LogP contribution in [0.3, 0.4) is 0 Å². The zero-order valence-corrected chi connectivity index (χ0v) is 16.7. The molecule has 2 heterocycles. The van der Waals surface area contributed by atoms with Gasteiger partial charge in [-0.25, -0.2) is 13.6 Å². The number of carbonyl (C=O) groups is 1. The van der Waals surface area contributed by atoms with Crippen molar-refractivity contribution >= 4 is 17.6 Å². The number of aliphatic carboxylic acids is 1. The van der Waals surface area contributed by atoms with Crippen LogP contribution in [0.25, 0.3) is 0 Å².